The molecular formula is C31H28O15. The van der Waals surface area contributed by atoms with Gasteiger partial charge in [-0.2, -0.15) is 0 Å². The minimum absolute atomic E-state index is 0.00163. The first kappa shape index (κ1) is 31.9. The maximum absolute atomic E-state index is 13.8. The molecule has 1 fully saturated rings. The number of aromatic hydroxyl groups is 5. The molecule has 242 valence electrons. The van der Waals surface area contributed by atoms with E-state index in [2.05, 4.69) is 0 Å². The number of phenols is 5. The summed E-state index contributed by atoms with van der Waals surface area (Å²) in [7, 11) is 1.19. The number of carbonyl (C=O) groups excluding carboxylic acids is 1. The largest absolute Gasteiger partial charge is 0.508 e. The van der Waals surface area contributed by atoms with Gasteiger partial charge in [-0.15, -0.1) is 0 Å². The Morgan fingerprint density at radius 2 is 1.65 bits per heavy atom. The summed E-state index contributed by atoms with van der Waals surface area (Å²) in [5, 5.41) is 81.1. The summed E-state index contributed by atoms with van der Waals surface area (Å²) >= 11 is 0. The second-order valence-electron chi connectivity index (χ2n) is 10.1. The number of ether oxygens (including phenoxy) is 4. The molecule has 0 radical (unpaired) electrons. The average Bonchev–Trinajstić information content (AvgIpc) is 3.02. The Labute approximate surface area is 258 Å². The van der Waals surface area contributed by atoms with E-state index in [4.69, 9.17) is 23.4 Å². The van der Waals surface area contributed by atoms with E-state index in [0.29, 0.717) is 5.56 Å². The van der Waals surface area contributed by atoms with Crippen LogP contribution in [0.3, 0.4) is 0 Å². The molecule has 1 aliphatic heterocycles. The molecule has 46 heavy (non-hydrogen) atoms. The van der Waals surface area contributed by atoms with Crippen molar-refractivity contribution in [1.29, 1.82) is 0 Å². The lowest BCUT2D eigenvalue weighted by atomic mass is 9.99. The first-order valence-corrected chi connectivity index (χ1v) is 13.5. The average molecular weight is 641 g/mol. The molecule has 15 nitrogen and oxygen atoms in total. The quantitative estimate of drug-likeness (QED) is 0.0771. The van der Waals surface area contributed by atoms with E-state index >= 15 is 0 Å². The molecular weight excluding hydrogens is 612 g/mol. The SMILES string of the molecule is COc1cc(-c2oc3cc(O)cc(O)c3c(=O)c2O[C@H]2O[C@@H](CO)[C@H](O)[C@H](O)[C@@H]2OC(=O)C=Cc2ccc(O)cc2)cc(O)c1O. The molecule has 0 bridgehead atoms. The zero-order valence-electron chi connectivity index (χ0n) is 23.8. The molecule has 0 unspecified atom stereocenters. The molecule has 0 saturated carbocycles. The van der Waals surface area contributed by atoms with Crippen molar-refractivity contribution >= 4 is 23.0 Å². The third kappa shape index (κ3) is 6.20. The third-order valence-corrected chi connectivity index (χ3v) is 7.07. The fraction of sp³-hybridized carbons (Fsp3) is 0.226. The minimum Gasteiger partial charge on any atom is -0.508 e. The normalized spacial score (nSPS) is 21.3. The number of phenolic OH excluding ortho intramolecular Hbond substituents is 5. The van der Waals surface area contributed by atoms with Gasteiger partial charge < -0.3 is 64.2 Å². The van der Waals surface area contributed by atoms with Crippen LogP contribution in [0.1, 0.15) is 5.56 Å². The summed E-state index contributed by atoms with van der Waals surface area (Å²) in [6.07, 6.45) is -6.59. The van der Waals surface area contributed by atoms with E-state index in [1.807, 2.05) is 0 Å². The fourth-order valence-electron chi connectivity index (χ4n) is 4.76. The van der Waals surface area contributed by atoms with Crippen LogP contribution < -0.4 is 14.9 Å². The van der Waals surface area contributed by atoms with E-state index in [9.17, 15) is 50.4 Å². The van der Waals surface area contributed by atoms with Crippen LogP contribution in [0, 0.1) is 0 Å². The van der Waals surface area contributed by atoms with Gasteiger partial charge in [0.05, 0.1) is 13.7 Å². The first-order valence-electron chi connectivity index (χ1n) is 13.5. The minimum atomic E-state index is -1.92. The predicted octanol–water partition coefficient (Wildman–Crippen LogP) is 1.44. The van der Waals surface area contributed by atoms with Crippen LogP contribution >= 0.6 is 0 Å². The van der Waals surface area contributed by atoms with E-state index in [0.717, 1.165) is 30.3 Å². The first-order chi connectivity index (χ1) is 21.9. The molecule has 2 heterocycles. The molecule has 8 N–H and O–H groups in total. The summed E-state index contributed by atoms with van der Waals surface area (Å²) in [6, 6.07) is 9.81. The van der Waals surface area contributed by atoms with Gasteiger partial charge in [0.25, 0.3) is 0 Å². The highest BCUT2D eigenvalue weighted by Gasteiger charge is 2.48. The maximum Gasteiger partial charge on any atom is 0.331 e. The Bertz CT molecular complexity index is 1850. The Hall–Kier alpha value is -5.48. The molecule has 4 aromatic rings. The van der Waals surface area contributed by atoms with Gasteiger partial charge in [0.1, 0.15) is 46.5 Å². The third-order valence-electron chi connectivity index (χ3n) is 7.07. The van der Waals surface area contributed by atoms with Gasteiger partial charge in [-0.25, -0.2) is 4.79 Å². The Morgan fingerprint density at radius 3 is 2.33 bits per heavy atom. The standard InChI is InChI=1S/C31H28O15/c1-42-20-9-14(8-18(36)24(20)38)28-29(26(40)23-17(35)10-16(34)11-19(23)43-28)46-31-30(27(41)25(39)21(12-32)44-31)45-22(37)7-4-13-2-5-15(33)6-3-13/h2-11,21,25,27,30-36,38-39,41H,12H2,1H3/t21-,25-,27-,30-,31+/m0/s1. The van der Waals surface area contributed by atoms with Crippen molar-refractivity contribution < 1.29 is 69.0 Å². The number of hydrogen-bond acceptors (Lipinski definition) is 15. The maximum atomic E-state index is 13.8. The highest BCUT2D eigenvalue weighted by atomic mass is 16.7. The van der Waals surface area contributed by atoms with Crippen molar-refractivity contribution in [3.63, 3.8) is 0 Å². The number of aliphatic hydroxyl groups is 3. The van der Waals surface area contributed by atoms with Gasteiger partial charge in [-0.05, 0) is 35.9 Å². The Balaban J connectivity index is 1.60. The number of benzene rings is 3. The van der Waals surface area contributed by atoms with Crippen molar-refractivity contribution in [2.45, 2.75) is 30.7 Å². The number of rotatable bonds is 8. The molecule has 0 spiro atoms. The number of carbonyl (C=O) groups is 1. The molecule has 0 amide bonds. The zero-order valence-corrected chi connectivity index (χ0v) is 23.8. The second-order valence-corrected chi connectivity index (χ2v) is 10.1. The molecule has 5 atom stereocenters. The van der Waals surface area contributed by atoms with Crippen molar-refractivity contribution in [2.24, 2.45) is 0 Å². The van der Waals surface area contributed by atoms with E-state index in [1.54, 1.807) is 0 Å². The summed E-state index contributed by atoms with van der Waals surface area (Å²) in [5.74, 6) is -4.99. The summed E-state index contributed by atoms with van der Waals surface area (Å²) in [4.78, 5) is 26.6. The number of fused-ring (bicyclic) bond motifs is 1. The number of methoxy groups -OCH3 is 1. The lowest BCUT2D eigenvalue weighted by Crippen LogP contribution is -2.61. The van der Waals surface area contributed by atoms with Gasteiger partial charge in [-0.3, -0.25) is 4.79 Å². The predicted molar refractivity (Wildman–Crippen MR) is 157 cm³/mol. The topological polar surface area (TPSA) is 246 Å². The highest BCUT2D eigenvalue weighted by Crippen LogP contribution is 2.43. The van der Waals surface area contributed by atoms with Crippen molar-refractivity contribution in [3.05, 3.63) is 70.4 Å². The molecule has 3 aromatic carbocycles. The van der Waals surface area contributed by atoms with Crippen LogP contribution in [0.15, 0.2) is 63.8 Å². The van der Waals surface area contributed by atoms with Gasteiger partial charge in [-0.1, -0.05) is 12.1 Å². The van der Waals surface area contributed by atoms with Gasteiger partial charge in [0, 0.05) is 23.8 Å². The molecule has 1 aliphatic rings. The van der Waals surface area contributed by atoms with E-state index in [-0.39, 0.29) is 22.6 Å². The van der Waals surface area contributed by atoms with Crippen LogP contribution in [0.25, 0.3) is 28.4 Å². The lowest BCUT2D eigenvalue weighted by Gasteiger charge is -2.41. The summed E-state index contributed by atoms with van der Waals surface area (Å²) < 4.78 is 27.7. The number of esters is 1. The zero-order chi connectivity index (χ0) is 33.3. The van der Waals surface area contributed by atoms with Gasteiger partial charge >= 0.3 is 5.97 Å². The molecule has 1 aromatic heterocycles. The molecule has 1 saturated heterocycles. The number of aliphatic hydroxyl groups excluding tert-OH is 3. The van der Waals surface area contributed by atoms with Crippen LogP contribution in [0.4, 0.5) is 0 Å². The second kappa shape index (κ2) is 12.9. The van der Waals surface area contributed by atoms with Crippen LogP contribution in [-0.4, -0.2) is 91.2 Å². The van der Waals surface area contributed by atoms with E-state index in [1.165, 1.54) is 37.5 Å². The monoisotopic (exact) mass is 640 g/mol. The van der Waals surface area contributed by atoms with Crippen molar-refractivity contribution in [1.82, 2.24) is 0 Å². The Morgan fingerprint density at radius 1 is 0.935 bits per heavy atom. The summed E-state index contributed by atoms with van der Waals surface area (Å²) in [6.45, 7) is -0.832. The van der Waals surface area contributed by atoms with Crippen LogP contribution in [-0.2, 0) is 14.3 Å². The smallest absolute Gasteiger partial charge is 0.331 e. The Kier molecular flexibility index (Phi) is 8.93. The summed E-state index contributed by atoms with van der Waals surface area (Å²) in [5.41, 5.74) is -1.00. The van der Waals surface area contributed by atoms with Crippen LogP contribution in [0.2, 0.25) is 0 Å². The fourth-order valence-corrected chi connectivity index (χ4v) is 4.76. The highest BCUT2D eigenvalue weighted by molar-refractivity contribution is 5.89. The van der Waals surface area contributed by atoms with Crippen LogP contribution in [0.5, 0.6) is 40.2 Å². The molecule has 15 heteroatoms. The van der Waals surface area contributed by atoms with Crippen molar-refractivity contribution in [2.75, 3.05) is 13.7 Å². The van der Waals surface area contributed by atoms with Gasteiger partial charge in [0.2, 0.25) is 23.2 Å². The van der Waals surface area contributed by atoms with E-state index < -0.39 is 88.6 Å². The number of hydrogen-bond donors (Lipinski definition) is 8. The van der Waals surface area contributed by atoms with Crippen molar-refractivity contribution in [3.8, 4) is 51.6 Å². The molecule has 5 rings (SSSR count). The molecule has 0 aliphatic carbocycles. The van der Waals surface area contributed by atoms with Gasteiger partial charge in [0.15, 0.2) is 23.4 Å². The lowest BCUT2D eigenvalue weighted by molar-refractivity contribution is -0.281.